The molecule has 0 radical (unpaired) electrons. The summed E-state index contributed by atoms with van der Waals surface area (Å²) in [5.41, 5.74) is -2.97. The Balaban J connectivity index is 1.85. The number of hydrogen-bond donors (Lipinski definition) is 4. The lowest BCUT2D eigenvalue weighted by Gasteiger charge is -2.52. The number of hydrogen-bond acceptors (Lipinski definition) is 5. The number of nitrogens with one attached hydrogen (secondary N) is 1. The number of aliphatic hydroxyl groups excluding tert-OH is 2. The van der Waals surface area contributed by atoms with Gasteiger partial charge in [-0.15, -0.1) is 0 Å². The molecule has 0 bridgehead atoms. The first-order valence-corrected chi connectivity index (χ1v) is 10.1. The van der Waals surface area contributed by atoms with Gasteiger partial charge in [0.15, 0.2) is 11.4 Å². The van der Waals surface area contributed by atoms with E-state index in [9.17, 15) is 33.3 Å². The number of aliphatic hydroxyl groups is 3. The van der Waals surface area contributed by atoms with Crippen molar-refractivity contribution < 1.29 is 33.3 Å². The third kappa shape index (κ3) is 3.17. The average molecular weight is 423 g/mol. The van der Waals surface area contributed by atoms with Gasteiger partial charge in [-0.2, -0.15) is 13.2 Å². The van der Waals surface area contributed by atoms with Crippen molar-refractivity contribution in [3.8, 4) is 0 Å². The lowest BCUT2D eigenvalue weighted by atomic mass is 9.57. The van der Waals surface area contributed by atoms with Gasteiger partial charge in [-0.1, -0.05) is 43.5 Å². The van der Waals surface area contributed by atoms with Crippen LogP contribution in [-0.4, -0.2) is 32.9 Å². The molecule has 3 aliphatic rings. The first kappa shape index (κ1) is 20.8. The molecule has 2 atom stereocenters. The van der Waals surface area contributed by atoms with E-state index >= 15 is 0 Å². The standard InChI is InChI=1S/C22H24F3NO4/c23-22(24,25)21(30)12-20(8-4-1-5-9-20)14-7-3-2-6-13(14)19(21)26-15-10-17(28)18(29)11-16(15)27/h2-3,6-7,10,19,26-28,30H,1,4-5,8-9,11-12H2. The minimum Gasteiger partial charge on any atom is -0.510 e. The van der Waals surface area contributed by atoms with Gasteiger partial charge < -0.3 is 20.6 Å². The van der Waals surface area contributed by atoms with Gasteiger partial charge in [-0.25, -0.2) is 0 Å². The van der Waals surface area contributed by atoms with Crippen molar-refractivity contribution in [2.75, 3.05) is 0 Å². The third-order valence-corrected chi connectivity index (χ3v) is 6.74. The van der Waals surface area contributed by atoms with Gasteiger partial charge >= 0.3 is 6.18 Å². The van der Waals surface area contributed by atoms with Crippen LogP contribution in [0, 0.1) is 0 Å². The van der Waals surface area contributed by atoms with E-state index in [4.69, 9.17) is 0 Å². The van der Waals surface area contributed by atoms with Gasteiger partial charge in [0, 0.05) is 6.08 Å². The number of benzene rings is 1. The second-order valence-corrected chi connectivity index (χ2v) is 8.59. The molecule has 1 aromatic carbocycles. The Hall–Kier alpha value is -2.48. The van der Waals surface area contributed by atoms with Gasteiger partial charge in [0.25, 0.3) is 0 Å². The normalized spacial score (nSPS) is 28.9. The summed E-state index contributed by atoms with van der Waals surface area (Å²) in [6.45, 7) is 0. The molecule has 1 spiro atoms. The molecule has 0 saturated heterocycles. The molecule has 1 aromatic rings. The van der Waals surface area contributed by atoms with Gasteiger partial charge in [0.2, 0.25) is 5.78 Å². The monoisotopic (exact) mass is 423 g/mol. The SMILES string of the molecule is O=C1CC(O)=C(NC2c3ccccc3C3(CCCCC3)CC2(O)C(F)(F)F)C=C1O. The molecule has 1 fully saturated rings. The second-order valence-electron chi connectivity index (χ2n) is 8.59. The van der Waals surface area contributed by atoms with Gasteiger partial charge in [0.1, 0.15) is 5.76 Å². The summed E-state index contributed by atoms with van der Waals surface area (Å²) >= 11 is 0. The van der Waals surface area contributed by atoms with Crippen molar-refractivity contribution in [2.45, 2.75) is 68.2 Å². The zero-order valence-corrected chi connectivity index (χ0v) is 16.3. The zero-order valence-electron chi connectivity index (χ0n) is 16.3. The van der Waals surface area contributed by atoms with Crippen LogP contribution < -0.4 is 5.32 Å². The van der Waals surface area contributed by atoms with Crippen molar-refractivity contribution in [1.29, 1.82) is 0 Å². The predicted octanol–water partition coefficient (Wildman–Crippen LogP) is 4.40. The van der Waals surface area contributed by atoms with Crippen LogP contribution in [0.3, 0.4) is 0 Å². The Morgan fingerprint density at radius 1 is 1.07 bits per heavy atom. The molecular weight excluding hydrogens is 399 g/mol. The second kappa shape index (κ2) is 7.04. The molecule has 0 heterocycles. The largest absolute Gasteiger partial charge is 0.510 e. The van der Waals surface area contributed by atoms with E-state index in [1.165, 1.54) is 0 Å². The maximum absolute atomic E-state index is 14.3. The molecule has 5 nitrogen and oxygen atoms in total. The molecule has 30 heavy (non-hydrogen) atoms. The van der Waals surface area contributed by atoms with Crippen LogP contribution in [0.4, 0.5) is 13.2 Å². The van der Waals surface area contributed by atoms with Crippen LogP contribution in [0.15, 0.2) is 47.6 Å². The van der Waals surface area contributed by atoms with E-state index in [0.717, 1.165) is 30.9 Å². The summed E-state index contributed by atoms with van der Waals surface area (Å²) in [6.07, 6.45) is -1.35. The minimum atomic E-state index is -4.94. The molecule has 0 aromatic heterocycles. The highest BCUT2D eigenvalue weighted by atomic mass is 19.4. The third-order valence-electron chi connectivity index (χ3n) is 6.74. The zero-order chi connectivity index (χ0) is 21.7. The summed E-state index contributed by atoms with van der Waals surface area (Å²) in [6, 6.07) is 5.19. The van der Waals surface area contributed by atoms with Crippen LogP contribution >= 0.6 is 0 Å². The fourth-order valence-electron chi connectivity index (χ4n) is 5.26. The van der Waals surface area contributed by atoms with Crippen molar-refractivity contribution in [3.05, 3.63) is 58.7 Å². The maximum atomic E-state index is 14.3. The van der Waals surface area contributed by atoms with Gasteiger partial charge in [-0.05, 0) is 35.8 Å². The molecule has 1 saturated carbocycles. The molecule has 162 valence electrons. The summed E-state index contributed by atoms with van der Waals surface area (Å²) < 4.78 is 42.9. The summed E-state index contributed by atoms with van der Waals surface area (Å²) in [5, 5.41) is 33.6. The Labute approximate surface area is 171 Å². The summed E-state index contributed by atoms with van der Waals surface area (Å²) in [5.74, 6) is -1.86. The lowest BCUT2D eigenvalue weighted by Crippen LogP contribution is -2.61. The van der Waals surface area contributed by atoms with Gasteiger partial charge in [-0.3, -0.25) is 4.79 Å². The van der Waals surface area contributed by atoms with Crippen LogP contribution in [-0.2, 0) is 10.2 Å². The van der Waals surface area contributed by atoms with E-state index in [1.54, 1.807) is 18.2 Å². The number of allylic oxidation sites excluding steroid dienone is 3. The van der Waals surface area contributed by atoms with Crippen molar-refractivity contribution in [1.82, 2.24) is 5.32 Å². The topological polar surface area (TPSA) is 89.8 Å². The molecule has 0 amide bonds. The number of alkyl halides is 3. The Kier molecular flexibility index (Phi) is 4.88. The van der Waals surface area contributed by atoms with Crippen LogP contribution in [0.25, 0.3) is 0 Å². The van der Waals surface area contributed by atoms with Crippen LogP contribution in [0.5, 0.6) is 0 Å². The van der Waals surface area contributed by atoms with Crippen molar-refractivity contribution >= 4 is 5.78 Å². The lowest BCUT2D eigenvalue weighted by molar-refractivity contribution is -0.282. The number of fused-ring (bicyclic) bond motifs is 2. The van der Waals surface area contributed by atoms with Crippen LogP contribution in [0.1, 0.15) is 62.1 Å². The number of rotatable bonds is 2. The highest BCUT2D eigenvalue weighted by Crippen LogP contribution is 2.58. The number of Topliss-reactive ketones (excluding diaryl/α,β-unsaturated/α-hetero) is 1. The maximum Gasteiger partial charge on any atom is 0.419 e. The first-order chi connectivity index (χ1) is 14.1. The molecular formula is C22H24F3NO4. The number of carbonyl (C=O) groups is 1. The van der Waals surface area contributed by atoms with E-state index in [0.29, 0.717) is 18.4 Å². The van der Waals surface area contributed by atoms with E-state index in [2.05, 4.69) is 5.32 Å². The molecule has 3 aliphatic carbocycles. The smallest absolute Gasteiger partial charge is 0.419 e. The molecule has 4 N–H and O–H groups in total. The number of carbonyl (C=O) groups excluding carboxylic acids is 1. The van der Waals surface area contributed by atoms with E-state index < -0.39 is 53.4 Å². The molecule has 4 rings (SSSR count). The fourth-order valence-corrected chi connectivity index (χ4v) is 5.26. The predicted molar refractivity (Wildman–Crippen MR) is 103 cm³/mol. The Bertz CT molecular complexity index is 931. The Morgan fingerprint density at radius 2 is 1.73 bits per heavy atom. The highest BCUT2D eigenvalue weighted by Gasteiger charge is 2.65. The fraction of sp³-hybridized carbons (Fsp3) is 0.500. The first-order valence-electron chi connectivity index (χ1n) is 10.1. The highest BCUT2D eigenvalue weighted by molar-refractivity contribution is 5.96. The quantitative estimate of drug-likeness (QED) is 0.566. The average Bonchev–Trinajstić information content (AvgIpc) is 2.69. The minimum absolute atomic E-state index is 0.200. The van der Waals surface area contributed by atoms with Crippen LogP contribution in [0.2, 0.25) is 0 Å². The van der Waals surface area contributed by atoms with E-state index in [1.807, 2.05) is 6.07 Å². The van der Waals surface area contributed by atoms with E-state index in [-0.39, 0.29) is 5.70 Å². The van der Waals surface area contributed by atoms with Gasteiger partial charge in [0.05, 0.1) is 18.2 Å². The summed E-state index contributed by atoms with van der Waals surface area (Å²) in [7, 11) is 0. The number of ketones is 1. The molecule has 2 unspecified atom stereocenters. The molecule has 8 heteroatoms. The van der Waals surface area contributed by atoms with Crippen molar-refractivity contribution in [2.24, 2.45) is 0 Å². The Morgan fingerprint density at radius 3 is 2.40 bits per heavy atom. The summed E-state index contributed by atoms with van der Waals surface area (Å²) in [4.78, 5) is 11.6. The number of halogens is 3. The van der Waals surface area contributed by atoms with Crippen molar-refractivity contribution in [3.63, 3.8) is 0 Å². The molecule has 0 aliphatic heterocycles.